The number of hydrogen-bond acceptors (Lipinski definition) is 4. The van der Waals surface area contributed by atoms with Crippen LogP contribution >= 0.6 is 0 Å². The Morgan fingerprint density at radius 1 is 0.972 bits per heavy atom. The molecule has 0 aromatic heterocycles. The highest BCUT2D eigenvalue weighted by Gasteiger charge is 2.27. The number of amides is 2. The van der Waals surface area contributed by atoms with E-state index in [1.54, 1.807) is 11.8 Å². The number of carbonyl (C=O) groups excluding carboxylic acids is 2. The molecule has 36 heavy (non-hydrogen) atoms. The zero-order valence-corrected chi connectivity index (χ0v) is 23.5. The van der Waals surface area contributed by atoms with E-state index in [9.17, 15) is 18.0 Å². The SMILES string of the molecule is Cc1cccc(CN(C(=O)CCCN(c2cc(C)ccc2C)S(C)(=O)=O)C(C)C(=O)NCC(C)C)c1. The van der Waals surface area contributed by atoms with Crippen molar-refractivity contribution in [1.82, 2.24) is 10.2 Å². The van der Waals surface area contributed by atoms with Crippen molar-refractivity contribution in [3.05, 3.63) is 64.7 Å². The maximum absolute atomic E-state index is 13.4. The van der Waals surface area contributed by atoms with Gasteiger partial charge >= 0.3 is 0 Å². The van der Waals surface area contributed by atoms with E-state index in [2.05, 4.69) is 5.32 Å². The van der Waals surface area contributed by atoms with Gasteiger partial charge in [-0.25, -0.2) is 8.42 Å². The number of anilines is 1. The minimum atomic E-state index is -3.53. The van der Waals surface area contributed by atoms with Crippen molar-refractivity contribution in [1.29, 1.82) is 0 Å². The molecule has 0 spiro atoms. The van der Waals surface area contributed by atoms with Gasteiger partial charge in [-0.2, -0.15) is 0 Å². The summed E-state index contributed by atoms with van der Waals surface area (Å²) in [5.41, 5.74) is 4.47. The summed E-state index contributed by atoms with van der Waals surface area (Å²) in [5.74, 6) is -0.0786. The molecule has 8 heteroatoms. The molecule has 2 aromatic carbocycles. The Morgan fingerprint density at radius 2 is 1.64 bits per heavy atom. The number of sulfonamides is 1. The van der Waals surface area contributed by atoms with Gasteiger partial charge in [0.1, 0.15) is 6.04 Å². The van der Waals surface area contributed by atoms with Crippen LogP contribution in [0.1, 0.15) is 55.9 Å². The topological polar surface area (TPSA) is 86.8 Å². The van der Waals surface area contributed by atoms with Crippen molar-refractivity contribution >= 4 is 27.5 Å². The molecule has 0 heterocycles. The van der Waals surface area contributed by atoms with Crippen LogP contribution in [0.15, 0.2) is 42.5 Å². The summed E-state index contributed by atoms with van der Waals surface area (Å²) in [4.78, 5) is 27.8. The Kier molecular flexibility index (Phi) is 10.5. The standard InChI is InChI=1S/C28H41N3O4S/c1-20(2)18-29-28(33)24(6)30(19-25-11-8-10-21(3)16-25)27(32)12-9-15-31(36(7,34)35)26-17-22(4)13-14-23(26)5/h8,10-11,13-14,16-17,20,24H,9,12,15,18-19H2,1-7H3,(H,29,33). The number of nitrogens with one attached hydrogen (secondary N) is 1. The Labute approximate surface area is 216 Å². The van der Waals surface area contributed by atoms with Crippen molar-refractivity contribution < 1.29 is 18.0 Å². The summed E-state index contributed by atoms with van der Waals surface area (Å²) in [6.45, 7) is 12.6. The molecule has 0 fully saturated rings. The summed E-state index contributed by atoms with van der Waals surface area (Å²) < 4.78 is 26.5. The van der Waals surface area contributed by atoms with E-state index < -0.39 is 16.1 Å². The van der Waals surface area contributed by atoms with Crippen LogP contribution in [-0.2, 0) is 26.2 Å². The van der Waals surface area contributed by atoms with E-state index in [1.807, 2.05) is 77.1 Å². The van der Waals surface area contributed by atoms with Crippen LogP contribution in [0.2, 0.25) is 0 Å². The Balaban J connectivity index is 2.19. The molecule has 0 saturated heterocycles. The zero-order valence-electron chi connectivity index (χ0n) is 22.7. The third-order valence-electron chi connectivity index (χ3n) is 6.07. The molecule has 0 aliphatic heterocycles. The van der Waals surface area contributed by atoms with Gasteiger partial charge in [0.25, 0.3) is 0 Å². The monoisotopic (exact) mass is 515 g/mol. The van der Waals surface area contributed by atoms with Crippen LogP contribution in [0, 0.1) is 26.7 Å². The fourth-order valence-electron chi connectivity index (χ4n) is 4.01. The van der Waals surface area contributed by atoms with Gasteiger partial charge in [-0.1, -0.05) is 55.8 Å². The number of hydrogen-bond donors (Lipinski definition) is 1. The minimum absolute atomic E-state index is 0.129. The first kappa shape index (κ1) is 29.4. The lowest BCUT2D eigenvalue weighted by molar-refractivity contribution is -0.140. The Bertz CT molecular complexity index is 1160. The third kappa shape index (κ3) is 8.66. The van der Waals surface area contributed by atoms with E-state index >= 15 is 0 Å². The zero-order chi connectivity index (χ0) is 27.0. The lowest BCUT2D eigenvalue weighted by Crippen LogP contribution is -2.48. The van der Waals surface area contributed by atoms with Crippen molar-refractivity contribution in [3.63, 3.8) is 0 Å². The molecule has 0 bridgehead atoms. The molecular formula is C28H41N3O4S. The highest BCUT2D eigenvalue weighted by atomic mass is 32.2. The first-order valence-electron chi connectivity index (χ1n) is 12.5. The molecule has 0 aliphatic carbocycles. The van der Waals surface area contributed by atoms with Crippen molar-refractivity contribution in [2.24, 2.45) is 5.92 Å². The fraction of sp³-hybridized carbons (Fsp3) is 0.500. The Hall–Kier alpha value is -2.87. The van der Waals surface area contributed by atoms with E-state index in [0.29, 0.717) is 31.1 Å². The summed E-state index contributed by atoms with van der Waals surface area (Å²) in [5, 5.41) is 2.92. The molecule has 0 radical (unpaired) electrons. The molecule has 2 aromatic rings. The van der Waals surface area contributed by atoms with Gasteiger partial charge in [-0.15, -0.1) is 0 Å². The highest BCUT2D eigenvalue weighted by Crippen LogP contribution is 2.24. The second kappa shape index (κ2) is 12.9. The number of aryl methyl sites for hydroxylation is 3. The van der Waals surface area contributed by atoms with Gasteiger partial charge in [-0.05, 0) is 62.8 Å². The molecule has 7 nitrogen and oxygen atoms in total. The quantitative estimate of drug-likeness (QED) is 0.455. The van der Waals surface area contributed by atoms with Crippen LogP contribution in [0.3, 0.4) is 0 Å². The van der Waals surface area contributed by atoms with Gasteiger partial charge in [0.15, 0.2) is 0 Å². The lowest BCUT2D eigenvalue weighted by Gasteiger charge is -2.30. The van der Waals surface area contributed by atoms with E-state index in [1.165, 1.54) is 10.6 Å². The van der Waals surface area contributed by atoms with Crippen molar-refractivity contribution in [2.75, 3.05) is 23.7 Å². The predicted molar refractivity (Wildman–Crippen MR) is 146 cm³/mol. The van der Waals surface area contributed by atoms with Crippen LogP contribution < -0.4 is 9.62 Å². The number of benzene rings is 2. The smallest absolute Gasteiger partial charge is 0.242 e. The molecule has 0 saturated carbocycles. The van der Waals surface area contributed by atoms with E-state index in [0.717, 1.165) is 22.3 Å². The summed E-state index contributed by atoms with van der Waals surface area (Å²) in [7, 11) is -3.53. The average Bonchev–Trinajstić information content (AvgIpc) is 2.79. The van der Waals surface area contributed by atoms with E-state index in [-0.39, 0.29) is 24.8 Å². The maximum Gasteiger partial charge on any atom is 0.242 e. The predicted octanol–water partition coefficient (Wildman–Crippen LogP) is 4.35. The maximum atomic E-state index is 13.4. The summed E-state index contributed by atoms with van der Waals surface area (Å²) >= 11 is 0. The van der Waals surface area contributed by atoms with Crippen LogP contribution in [0.25, 0.3) is 0 Å². The second-order valence-corrected chi connectivity index (χ2v) is 12.0. The van der Waals surface area contributed by atoms with Crippen molar-refractivity contribution in [3.8, 4) is 0 Å². The lowest BCUT2D eigenvalue weighted by atomic mass is 10.1. The van der Waals surface area contributed by atoms with Gasteiger partial charge in [-0.3, -0.25) is 13.9 Å². The number of carbonyl (C=O) groups is 2. The minimum Gasteiger partial charge on any atom is -0.354 e. The summed E-state index contributed by atoms with van der Waals surface area (Å²) in [6.07, 6.45) is 1.65. The normalized spacial score (nSPS) is 12.3. The first-order valence-corrected chi connectivity index (χ1v) is 14.3. The van der Waals surface area contributed by atoms with Gasteiger partial charge in [0, 0.05) is 26.1 Å². The molecule has 1 atom stereocenters. The molecule has 198 valence electrons. The van der Waals surface area contributed by atoms with Crippen molar-refractivity contribution in [2.45, 2.75) is 67.0 Å². The molecule has 2 rings (SSSR count). The molecule has 1 unspecified atom stereocenters. The second-order valence-electron chi connectivity index (χ2n) is 10.1. The molecule has 2 amide bonds. The first-order chi connectivity index (χ1) is 16.8. The largest absolute Gasteiger partial charge is 0.354 e. The van der Waals surface area contributed by atoms with Crippen LogP contribution in [-0.4, -0.2) is 50.5 Å². The number of nitrogens with zero attached hydrogens (tertiary/aromatic N) is 2. The molecule has 1 N–H and O–H groups in total. The molecule has 0 aliphatic rings. The van der Waals surface area contributed by atoms with Gasteiger partial charge in [0.05, 0.1) is 11.9 Å². The van der Waals surface area contributed by atoms with Gasteiger partial charge < -0.3 is 10.2 Å². The number of rotatable bonds is 12. The Morgan fingerprint density at radius 3 is 2.25 bits per heavy atom. The fourth-order valence-corrected chi connectivity index (χ4v) is 5.03. The third-order valence-corrected chi connectivity index (χ3v) is 7.25. The van der Waals surface area contributed by atoms with Crippen LogP contribution in [0.4, 0.5) is 5.69 Å². The highest BCUT2D eigenvalue weighted by molar-refractivity contribution is 7.92. The van der Waals surface area contributed by atoms with Crippen LogP contribution in [0.5, 0.6) is 0 Å². The van der Waals surface area contributed by atoms with Gasteiger partial charge in [0.2, 0.25) is 21.8 Å². The van der Waals surface area contributed by atoms with E-state index in [4.69, 9.17) is 0 Å². The molecular weight excluding hydrogens is 474 g/mol. The average molecular weight is 516 g/mol. The summed E-state index contributed by atoms with van der Waals surface area (Å²) in [6, 6.07) is 12.9.